The molecule has 0 unspecified atom stereocenters. The largest absolute Gasteiger partial charge is 0.476 e. The maximum Gasteiger partial charge on any atom is 0.355 e. The lowest BCUT2D eigenvalue weighted by atomic mass is 10.1. The molecule has 0 aliphatic heterocycles. The Balaban J connectivity index is 3.00. The van der Waals surface area contributed by atoms with E-state index in [1.165, 1.54) is 11.3 Å². The zero-order valence-corrected chi connectivity index (χ0v) is 10.0. The summed E-state index contributed by atoms with van der Waals surface area (Å²) in [6.07, 6.45) is 0.654. The molecule has 5 nitrogen and oxygen atoms in total. The van der Waals surface area contributed by atoms with Gasteiger partial charge in [0.25, 0.3) is 0 Å². The van der Waals surface area contributed by atoms with Gasteiger partial charge in [-0.15, -0.1) is 11.3 Å². The van der Waals surface area contributed by atoms with Crippen molar-refractivity contribution in [3.63, 3.8) is 0 Å². The molecule has 1 amide bonds. The van der Waals surface area contributed by atoms with Gasteiger partial charge in [-0.2, -0.15) is 0 Å². The van der Waals surface area contributed by atoms with E-state index in [1.54, 1.807) is 0 Å². The van der Waals surface area contributed by atoms with Gasteiger partial charge in [-0.05, 0) is 12.3 Å². The summed E-state index contributed by atoms with van der Waals surface area (Å²) >= 11 is 1.25. The van der Waals surface area contributed by atoms with E-state index in [0.29, 0.717) is 22.2 Å². The number of carbonyl (C=O) groups excluding carboxylic acids is 1. The molecule has 0 bridgehead atoms. The molecule has 0 saturated heterocycles. The van der Waals surface area contributed by atoms with Crippen LogP contribution in [0.5, 0.6) is 0 Å². The van der Waals surface area contributed by atoms with Gasteiger partial charge in [0.05, 0.1) is 6.42 Å². The second kappa shape index (κ2) is 5.07. The third-order valence-corrected chi connectivity index (χ3v) is 2.94. The average Bonchev–Trinajstić information content (AvgIpc) is 2.45. The number of amides is 1. The van der Waals surface area contributed by atoms with Crippen LogP contribution in [-0.2, 0) is 17.6 Å². The standard InChI is InChI=1S/C10H14N2O3S/c1-5(2)3-6-9(10(14)15)12-8(16-6)4-7(11)13/h5H,3-4H2,1-2H3,(H2,11,13)(H,14,15). The lowest BCUT2D eigenvalue weighted by Gasteiger charge is -2.01. The first kappa shape index (κ1) is 12.6. The number of hydrogen-bond acceptors (Lipinski definition) is 4. The number of aromatic nitrogens is 1. The van der Waals surface area contributed by atoms with Gasteiger partial charge in [-0.25, -0.2) is 9.78 Å². The number of nitrogens with two attached hydrogens (primary N) is 1. The van der Waals surface area contributed by atoms with Crippen molar-refractivity contribution in [3.05, 3.63) is 15.6 Å². The van der Waals surface area contributed by atoms with Crippen LogP contribution in [0.2, 0.25) is 0 Å². The molecule has 0 aliphatic carbocycles. The maximum absolute atomic E-state index is 10.9. The Hall–Kier alpha value is -1.43. The summed E-state index contributed by atoms with van der Waals surface area (Å²) < 4.78 is 0. The van der Waals surface area contributed by atoms with Crippen LogP contribution in [0.3, 0.4) is 0 Å². The molecule has 6 heteroatoms. The molecule has 1 heterocycles. The van der Waals surface area contributed by atoms with E-state index in [-0.39, 0.29) is 12.1 Å². The Morgan fingerprint density at radius 3 is 2.56 bits per heavy atom. The van der Waals surface area contributed by atoms with E-state index in [0.717, 1.165) is 0 Å². The molecule has 16 heavy (non-hydrogen) atoms. The molecule has 1 rings (SSSR count). The highest BCUT2D eigenvalue weighted by atomic mass is 32.1. The number of carboxylic acids is 1. The highest BCUT2D eigenvalue weighted by Crippen LogP contribution is 2.22. The van der Waals surface area contributed by atoms with Gasteiger partial charge in [0, 0.05) is 4.88 Å². The molecule has 0 radical (unpaired) electrons. The third-order valence-electron chi connectivity index (χ3n) is 1.86. The van der Waals surface area contributed by atoms with Gasteiger partial charge >= 0.3 is 5.97 Å². The number of hydrogen-bond donors (Lipinski definition) is 2. The molecule has 0 saturated carbocycles. The predicted octanol–water partition coefficient (Wildman–Crippen LogP) is 1.07. The van der Waals surface area contributed by atoms with Crippen LogP contribution >= 0.6 is 11.3 Å². The smallest absolute Gasteiger partial charge is 0.355 e. The van der Waals surface area contributed by atoms with Crippen LogP contribution in [0.4, 0.5) is 0 Å². The molecule has 0 fully saturated rings. The fourth-order valence-corrected chi connectivity index (χ4v) is 2.58. The van der Waals surface area contributed by atoms with E-state index in [4.69, 9.17) is 10.8 Å². The third kappa shape index (κ3) is 3.30. The zero-order chi connectivity index (χ0) is 12.3. The zero-order valence-electron chi connectivity index (χ0n) is 9.19. The molecular formula is C10H14N2O3S. The lowest BCUT2D eigenvalue weighted by Crippen LogP contribution is -2.13. The molecule has 0 atom stereocenters. The minimum absolute atomic E-state index is 0.00302. The number of aromatic carboxylic acids is 1. The summed E-state index contributed by atoms with van der Waals surface area (Å²) in [5.74, 6) is -1.20. The number of nitrogens with zero attached hydrogens (tertiary/aromatic N) is 1. The van der Waals surface area contributed by atoms with Crippen LogP contribution in [0.25, 0.3) is 0 Å². The number of carbonyl (C=O) groups is 2. The average molecular weight is 242 g/mol. The Bertz CT molecular complexity index is 412. The van der Waals surface area contributed by atoms with Crippen LogP contribution in [-0.4, -0.2) is 22.0 Å². The second-order valence-electron chi connectivity index (χ2n) is 3.93. The topological polar surface area (TPSA) is 93.3 Å². The maximum atomic E-state index is 10.9. The summed E-state index contributed by atoms with van der Waals surface area (Å²) in [7, 11) is 0. The molecule has 3 N–H and O–H groups in total. The number of carboxylic acid groups (broad SMARTS) is 1. The number of thiazole rings is 1. The minimum atomic E-state index is -1.05. The highest BCUT2D eigenvalue weighted by Gasteiger charge is 2.18. The summed E-state index contributed by atoms with van der Waals surface area (Å²) in [6.45, 7) is 4.00. The van der Waals surface area contributed by atoms with E-state index < -0.39 is 11.9 Å². The van der Waals surface area contributed by atoms with Crippen LogP contribution < -0.4 is 5.73 Å². The SMILES string of the molecule is CC(C)Cc1sc(CC(N)=O)nc1C(=O)O. The van der Waals surface area contributed by atoms with Crippen LogP contribution in [0.1, 0.15) is 34.2 Å². The predicted molar refractivity (Wildman–Crippen MR) is 60.5 cm³/mol. The van der Waals surface area contributed by atoms with Gasteiger partial charge in [0.15, 0.2) is 5.69 Å². The van der Waals surface area contributed by atoms with E-state index in [2.05, 4.69) is 4.98 Å². The first-order chi connectivity index (χ1) is 7.40. The Kier molecular flexibility index (Phi) is 4.00. The normalized spacial score (nSPS) is 10.7. The summed E-state index contributed by atoms with van der Waals surface area (Å²) in [4.78, 5) is 26.3. The van der Waals surface area contributed by atoms with Crippen molar-refractivity contribution < 1.29 is 14.7 Å². The van der Waals surface area contributed by atoms with Crippen molar-refractivity contribution in [2.24, 2.45) is 11.7 Å². The van der Waals surface area contributed by atoms with Crippen molar-refractivity contribution in [1.82, 2.24) is 4.98 Å². The fraction of sp³-hybridized carbons (Fsp3) is 0.500. The first-order valence-electron chi connectivity index (χ1n) is 4.90. The van der Waals surface area contributed by atoms with Gasteiger partial charge in [0.2, 0.25) is 5.91 Å². The Morgan fingerprint density at radius 2 is 2.12 bits per heavy atom. The molecule has 0 aliphatic rings. The van der Waals surface area contributed by atoms with Crippen molar-refractivity contribution >= 4 is 23.2 Å². The van der Waals surface area contributed by atoms with Crippen LogP contribution in [0, 0.1) is 5.92 Å². The lowest BCUT2D eigenvalue weighted by molar-refractivity contribution is -0.117. The van der Waals surface area contributed by atoms with Gasteiger partial charge in [-0.1, -0.05) is 13.8 Å². The molecule has 1 aromatic heterocycles. The molecular weight excluding hydrogens is 228 g/mol. The van der Waals surface area contributed by atoms with Crippen LogP contribution in [0.15, 0.2) is 0 Å². The minimum Gasteiger partial charge on any atom is -0.476 e. The molecule has 1 aromatic rings. The number of rotatable bonds is 5. The van der Waals surface area contributed by atoms with Crippen molar-refractivity contribution in [2.75, 3.05) is 0 Å². The molecule has 88 valence electrons. The molecule has 0 spiro atoms. The Labute approximate surface area is 97.3 Å². The number of primary amides is 1. The van der Waals surface area contributed by atoms with Gasteiger partial charge < -0.3 is 10.8 Å². The second-order valence-corrected chi connectivity index (χ2v) is 5.09. The highest BCUT2D eigenvalue weighted by molar-refractivity contribution is 7.12. The van der Waals surface area contributed by atoms with E-state index in [9.17, 15) is 9.59 Å². The van der Waals surface area contributed by atoms with E-state index in [1.807, 2.05) is 13.8 Å². The monoisotopic (exact) mass is 242 g/mol. The molecule has 0 aromatic carbocycles. The fourth-order valence-electron chi connectivity index (χ4n) is 1.30. The first-order valence-corrected chi connectivity index (χ1v) is 5.72. The summed E-state index contributed by atoms with van der Waals surface area (Å²) in [5, 5.41) is 9.43. The van der Waals surface area contributed by atoms with Crippen molar-refractivity contribution in [3.8, 4) is 0 Å². The summed E-state index contributed by atoms with van der Waals surface area (Å²) in [6, 6.07) is 0. The summed E-state index contributed by atoms with van der Waals surface area (Å²) in [5.41, 5.74) is 5.09. The quantitative estimate of drug-likeness (QED) is 0.807. The van der Waals surface area contributed by atoms with Gasteiger partial charge in [0.1, 0.15) is 5.01 Å². The van der Waals surface area contributed by atoms with Crippen molar-refractivity contribution in [1.29, 1.82) is 0 Å². The van der Waals surface area contributed by atoms with E-state index >= 15 is 0 Å². The Morgan fingerprint density at radius 1 is 1.50 bits per heavy atom. The van der Waals surface area contributed by atoms with Crippen molar-refractivity contribution in [2.45, 2.75) is 26.7 Å². The van der Waals surface area contributed by atoms with Gasteiger partial charge in [-0.3, -0.25) is 4.79 Å².